The summed E-state index contributed by atoms with van der Waals surface area (Å²) in [5, 5.41) is 11.0. The van der Waals surface area contributed by atoms with Crippen LogP contribution in [0.2, 0.25) is 0 Å². The van der Waals surface area contributed by atoms with Gasteiger partial charge in [-0.2, -0.15) is 26.3 Å². The van der Waals surface area contributed by atoms with Crippen molar-refractivity contribution in [3.8, 4) is 0 Å². The molecule has 4 nitrogen and oxygen atoms in total. The summed E-state index contributed by atoms with van der Waals surface area (Å²) in [5.41, 5.74) is -3.63. The van der Waals surface area contributed by atoms with Gasteiger partial charge >= 0.3 is 18.3 Å². The van der Waals surface area contributed by atoms with Crippen molar-refractivity contribution in [1.29, 1.82) is 0 Å². The number of carbonyl (C=O) groups is 2. The second kappa shape index (κ2) is 7.16. The number of hydrogen-bond donors (Lipinski definition) is 2. The largest absolute Gasteiger partial charge is 0.481 e. The van der Waals surface area contributed by atoms with E-state index in [9.17, 15) is 35.9 Å². The van der Waals surface area contributed by atoms with Crippen molar-refractivity contribution in [1.82, 2.24) is 0 Å². The molecule has 1 saturated carbocycles. The molecule has 1 fully saturated rings. The minimum absolute atomic E-state index is 0.0201. The number of anilines is 1. The van der Waals surface area contributed by atoms with Gasteiger partial charge < -0.3 is 10.4 Å². The van der Waals surface area contributed by atoms with Crippen LogP contribution < -0.4 is 5.32 Å². The molecular formula is C16H15F6NO3. The molecule has 1 aromatic rings. The Morgan fingerprint density at radius 2 is 1.27 bits per heavy atom. The summed E-state index contributed by atoms with van der Waals surface area (Å²) in [7, 11) is 0. The van der Waals surface area contributed by atoms with E-state index in [-0.39, 0.29) is 31.7 Å². The third-order valence-electron chi connectivity index (χ3n) is 4.30. The van der Waals surface area contributed by atoms with Crippen LogP contribution in [0.1, 0.15) is 36.8 Å². The van der Waals surface area contributed by atoms with E-state index in [2.05, 4.69) is 5.32 Å². The standard InChI is InChI=1S/C16H15F6NO3/c17-15(18,19)10-5-11(16(20,21)22)7-12(6-10)23-13(24)8-1-3-9(4-2-8)14(25)26/h5-9H,1-4H2,(H,23,24)(H,25,26). The second-order valence-electron chi connectivity index (χ2n) is 6.17. The molecule has 0 spiro atoms. The first kappa shape index (κ1) is 20.1. The van der Waals surface area contributed by atoms with Gasteiger partial charge in [0.15, 0.2) is 0 Å². The number of halogens is 6. The van der Waals surface area contributed by atoms with Gasteiger partial charge in [0.1, 0.15) is 0 Å². The lowest BCUT2D eigenvalue weighted by atomic mass is 9.81. The zero-order valence-corrected chi connectivity index (χ0v) is 13.2. The predicted octanol–water partition coefficient (Wildman–Crippen LogP) is 4.55. The van der Waals surface area contributed by atoms with E-state index in [1.807, 2.05) is 0 Å². The molecule has 0 heterocycles. The van der Waals surface area contributed by atoms with Crippen molar-refractivity contribution in [2.75, 3.05) is 5.32 Å². The molecule has 144 valence electrons. The summed E-state index contributed by atoms with van der Waals surface area (Å²) in [5.74, 6) is -2.96. The van der Waals surface area contributed by atoms with Crippen LogP contribution >= 0.6 is 0 Å². The van der Waals surface area contributed by atoms with Gasteiger partial charge in [0, 0.05) is 11.6 Å². The smallest absolute Gasteiger partial charge is 0.416 e. The summed E-state index contributed by atoms with van der Waals surface area (Å²) >= 11 is 0. The average molecular weight is 383 g/mol. The van der Waals surface area contributed by atoms with E-state index >= 15 is 0 Å². The highest BCUT2D eigenvalue weighted by Crippen LogP contribution is 2.38. The molecule has 0 saturated heterocycles. The fraction of sp³-hybridized carbons (Fsp3) is 0.500. The normalized spacial score (nSPS) is 21.3. The SMILES string of the molecule is O=C(O)C1CCC(C(=O)Nc2cc(C(F)(F)F)cc(C(F)(F)F)c2)CC1. The zero-order chi connectivity index (χ0) is 19.7. The highest BCUT2D eigenvalue weighted by Gasteiger charge is 2.37. The Labute approximate surface area is 144 Å². The van der Waals surface area contributed by atoms with E-state index in [0.717, 1.165) is 0 Å². The van der Waals surface area contributed by atoms with Crippen LogP contribution in [0.4, 0.5) is 32.0 Å². The average Bonchev–Trinajstić information content (AvgIpc) is 2.53. The molecule has 0 aromatic heterocycles. The van der Waals surface area contributed by atoms with Gasteiger partial charge in [-0.05, 0) is 43.9 Å². The molecule has 0 radical (unpaired) electrons. The molecule has 2 N–H and O–H groups in total. The second-order valence-corrected chi connectivity index (χ2v) is 6.17. The number of carboxylic acids is 1. The summed E-state index contributed by atoms with van der Waals surface area (Å²) in [6, 6.07) is 0.861. The lowest BCUT2D eigenvalue weighted by Crippen LogP contribution is -2.29. The summed E-state index contributed by atoms with van der Waals surface area (Å²) < 4.78 is 76.9. The van der Waals surface area contributed by atoms with Gasteiger partial charge in [-0.15, -0.1) is 0 Å². The van der Waals surface area contributed by atoms with Crippen LogP contribution in [0.25, 0.3) is 0 Å². The molecule has 0 unspecified atom stereocenters. The molecule has 1 amide bonds. The van der Waals surface area contributed by atoms with Crippen molar-refractivity contribution in [2.45, 2.75) is 38.0 Å². The monoisotopic (exact) mass is 383 g/mol. The van der Waals surface area contributed by atoms with Crippen molar-refractivity contribution in [2.24, 2.45) is 11.8 Å². The number of aliphatic carboxylic acids is 1. The lowest BCUT2D eigenvalue weighted by Gasteiger charge is -2.25. The highest BCUT2D eigenvalue weighted by molar-refractivity contribution is 5.93. The summed E-state index contributed by atoms with van der Waals surface area (Å²) in [6.45, 7) is 0. The molecule has 1 aliphatic carbocycles. The Morgan fingerprint density at radius 1 is 0.846 bits per heavy atom. The van der Waals surface area contributed by atoms with Gasteiger partial charge in [0.05, 0.1) is 17.0 Å². The van der Waals surface area contributed by atoms with Crippen molar-refractivity contribution in [3.05, 3.63) is 29.3 Å². The van der Waals surface area contributed by atoms with Gasteiger partial charge in [-0.25, -0.2) is 0 Å². The van der Waals surface area contributed by atoms with Crippen molar-refractivity contribution in [3.63, 3.8) is 0 Å². The maximum absolute atomic E-state index is 12.8. The molecule has 10 heteroatoms. The molecule has 1 aliphatic rings. The first-order valence-corrected chi connectivity index (χ1v) is 7.71. The predicted molar refractivity (Wildman–Crippen MR) is 78.2 cm³/mol. The third kappa shape index (κ3) is 4.89. The Morgan fingerprint density at radius 3 is 1.65 bits per heavy atom. The molecule has 26 heavy (non-hydrogen) atoms. The maximum Gasteiger partial charge on any atom is 0.416 e. The van der Waals surface area contributed by atoms with E-state index in [4.69, 9.17) is 5.11 Å². The van der Waals surface area contributed by atoms with E-state index < -0.39 is 52.9 Å². The number of carboxylic acid groups (broad SMARTS) is 1. The first-order chi connectivity index (χ1) is 11.9. The summed E-state index contributed by atoms with van der Waals surface area (Å²) in [6.07, 6.45) is -9.14. The zero-order valence-electron chi connectivity index (χ0n) is 13.2. The van der Waals surface area contributed by atoms with Crippen LogP contribution in [0, 0.1) is 11.8 Å². The number of hydrogen-bond acceptors (Lipinski definition) is 2. The highest BCUT2D eigenvalue weighted by atomic mass is 19.4. The Hall–Kier alpha value is -2.26. The van der Waals surface area contributed by atoms with Crippen LogP contribution in [0.5, 0.6) is 0 Å². The first-order valence-electron chi connectivity index (χ1n) is 7.71. The molecular weight excluding hydrogens is 368 g/mol. The fourth-order valence-corrected chi connectivity index (χ4v) is 2.87. The van der Waals surface area contributed by atoms with E-state index in [1.54, 1.807) is 0 Å². The van der Waals surface area contributed by atoms with Crippen molar-refractivity contribution < 1.29 is 41.0 Å². The topological polar surface area (TPSA) is 66.4 Å². The number of benzene rings is 1. The number of alkyl halides is 6. The molecule has 0 atom stereocenters. The quantitative estimate of drug-likeness (QED) is 0.753. The minimum Gasteiger partial charge on any atom is -0.481 e. The van der Waals surface area contributed by atoms with E-state index in [0.29, 0.717) is 12.1 Å². The van der Waals surface area contributed by atoms with Gasteiger partial charge in [0.2, 0.25) is 5.91 Å². The number of carbonyl (C=O) groups excluding carboxylic acids is 1. The molecule has 0 aliphatic heterocycles. The van der Waals surface area contributed by atoms with Gasteiger partial charge in [-0.1, -0.05) is 0 Å². The Kier molecular flexibility index (Phi) is 5.52. The maximum atomic E-state index is 12.8. The van der Waals surface area contributed by atoms with Crippen LogP contribution in [0.3, 0.4) is 0 Å². The van der Waals surface area contributed by atoms with Crippen LogP contribution in [0.15, 0.2) is 18.2 Å². The number of nitrogens with one attached hydrogen (secondary N) is 1. The van der Waals surface area contributed by atoms with Crippen LogP contribution in [-0.4, -0.2) is 17.0 Å². The lowest BCUT2D eigenvalue weighted by molar-refractivity contribution is -0.144. The fourth-order valence-electron chi connectivity index (χ4n) is 2.87. The third-order valence-corrected chi connectivity index (χ3v) is 4.30. The van der Waals surface area contributed by atoms with Gasteiger partial charge in [0.25, 0.3) is 0 Å². The number of rotatable bonds is 3. The van der Waals surface area contributed by atoms with Gasteiger partial charge in [-0.3, -0.25) is 9.59 Å². The van der Waals surface area contributed by atoms with Crippen molar-refractivity contribution >= 4 is 17.6 Å². The van der Waals surface area contributed by atoms with Crippen LogP contribution in [-0.2, 0) is 21.9 Å². The number of amides is 1. The summed E-state index contributed by atoms with van der Waals surface area (Å²) in [4.78, 5) is 23.0. The van der Waals surface area contributed by atoms with E-state index in [1.165, 1.54) is 0 Å². The molecule has 0 bridgehead atoms. The minimum atomic E-state index is -5.00. The Balaban J connectivity index is 2.18. The molecule has 1 aromatic carbocycles. The Bertz CT molecular complexity index is 658. The molecule has 2 rings (SSSR count).